The van der Waals surface area contributed by atoms with Crippen LogP contribution in [0, 0.1) is 6.92 Å². The van der Waals surface area contributed by atoms with E-state index >= 15 is 0 Å². The maximum absolute atomic E-state index is 13.2. The summed E-state index contributed by atoms with van der Waals surface area (Å²) in [5, 5.41) is 6.15. The number of aryl methyl sites for hydroxylation is 1. The van der Waals surface area contributed by atoms with Gasteiger partial charge in [0.25, 0.3) is 0 Å². The van der Waals surface area contributed by atoms with Crippen molar-refractivity contribution < 1.29 is 17.9 Å². The molecule has 27 heavy (non-hydrogen) atoms. The second-order valence-corrected chi connectivity index (χ2v) is 6.68. The molecular formula is C19H20F3N3OS. The fraction of sp³-hybridized carbons (Fsp3) is 0.316. The lowest BCUT2D eigenvalue weighted by atomic mass is 10.1. The van der Waals surface area contributed by atoms with Crippen LogP contribution in [0.5, 0.6) is 0 Å². The van der Waals surface area contributed by atoms with E-state index in [-0.39, 0.29) is 5.11 Å². The third-order valence-electron chi connectivity index (χ3n) is 4.23. The zero-order valence-corrected chi connectivity index (χ0v) is 15.6. The molecular weight excluding hydrogens is 375 g/mol. The number of alkyl halides is 3. The first-order valence-electron chi connectivity index (χ1n) is 8.51. The highest BCUT2D eigenvalue weighted by Crippen LogP contribution is 2.35. The maximum atomic E-state index is 13.2. The van der Waals surface area contributed by atoms with Crippen molar-refractivity contribution >= 4 is 34.4 Å². The van der Waals surface area contributed by atoms with E-state index in [4.69, 9.17) is 17.0 Å². The van der Waals surface area contributed by atoms with Gasteiger partial charge in [-0.3, -0.25) is 0 Å². The molecule has 0 atom stereocenters. The van der Waals surface area contributed by atoms with Crippen molar-refractivity contribution in [2.75, 3.05) is 41.8 Å². The number of morpholine rings is 1. The van der Waals surface area contributed by atoms with Gasteiger partial charge in [0.2, 0.25) is 0 Å². The Balaban J connectivity index is 1.83. The van der Waals surface area contributed by atoms with E-state index in [0.29, 0.717) is 37.7 Å². The SMILES string of the molecule is Cc1ccc(NC(=S)Nc2cc(C(F)(F)F)ccc2N2CCOCC2)cc1. The fourth-order valence-electron chi connectivity index (χ4n) is 2.81. The van der Waals surface area contributed by atoms with Crippen molar-refractivity contribution in [1.29, 1.82) is 0 Å². The highest BCUT2D eigenvalue weighted by Gasteiger charge is 2.31. The van der Waals surface area contributed by atoms with E-state index in [2.05, 4.69) is 10.6 Å². The first-order chi connectivity index (χ1) is 12.8. The molecule has 0 radical (unpaired) electrons. The van der Waals surface area contributed by atoms with Gasteiger partial charge in [0, 0.05) is 18.8 Å². The first-order valence-corrected chi connectivity index (χ1v) is 8.92. The van der Waals surface area contributed by atoms with E-state index in [1.807, 2.05) is 36.1 Å². The van der Waals surface area contributed by atoms with Crippen LogP contribution in [0.4, 0.5) is 30.2 Å². The summed E-state index contributed by atoms with van der Waals surface area (Å²) in [4.78, 5) is 1.99. The molecule has 8 heteroatoms. The molecule has 0 saturated carbocycles. The number of hydrogen-bond donors (Lipinski definition) is 2. The van der Waals surface area contributed by atoms with Crippen LogP contribution in [-0.2, 0) is 10.9 Å². The molecule has 1 aliphatic heterocycles. The molecule has 1 saturated heterocycles. The van der Waals surface area contributed by atoms with Crippen LogP contribution in [0.1, 0.15) is 11.1 Å². The Morgan fingerprint density at radius 3 is 2.33 bits per heavy atom. The van der Waals surface area contributed by atoms with Crippen LogP contribution < -0.4 is 15.5 Å². The quantitative estimate of drug-likeness (QED) is 0.740. The van der Waals surface area contributed by atoms with Crippen LogP contribution in [0.3, 0.4) is 0 Å². The predicted molar refractivity (Wildman–Crippen MR) is 105 cm³/mol. The minimum absolute atomic E-state index is 0.229. The third-order valence-corrected chi connectivity index (χ3v) is 4.44. The standard InChI is InChI=1S/C19H20F3N3OS/c1-13-2-5-15(6-3-13)23-18(27)24-16-12-14(19(20,21)22)4-7-17(16)25-8-10-26-11-9-25/h2-7,12H,8-11H2,1H3,(H2,23,24,27). The fourth-order valence-corrected chi connectivity index (χ4v) is 3.04. The normalized spacial score (nSPS) is 14.7. The Hall–Kier alpha value is -2.32. The highest BCUT2D eigenvalue weighted by atomic mass is 32.1. The minimum atomic E-state index is -4.42. The highest BCUT2D eigenvalue weighted by molar-refractivity contribution is 7.80. The Labute approximate surface area is 161 Å². The van der Waals surface area contributed by atoms with E-state index in [0.717, 1.165) is 23.4 Å². The van der Waals surface area contributed by atoms with Crippen LogP contribution in [0.15, 0.2) is 42.5 Å². The number of rotatable bonds is 3. The summed E-state index contributed by atoms with van der Waals surface area (Å²) in [7, 11) is 0. The van der Waals surface area contributed by atoms with Gasteiger partial charge in [0.15, 0.2) is 5.11 Å². The Morgan fingerprint density at radius 1 is 1.04 bits per heavy atom. The number of ether oxygens (including phenoxy) is 1. The molecule has 0 aromatic heterocycles. The van der Waals surface area contributed by atoms with Gasteiger partial charge in [-0.05, 0) is 49.5 Å². The van der Waals surface area contributed by atoms with E-state index in [1.165, 1.54) is 6.07 Å². The molecule has 2 aromatic rings. The summed E-state index contributed by atoms with van der Waals surface area (Å²) in [6.45, 7) is 4.26. The van der Waals surface area contributed by atoms with Gasteiger partial charge in [-0.25, -0.2) is 0 Å². The number of benzene rings is 2. The molecule has 144 valence electrons. The van der Waals surface area contributed by atoms with Crippen molar-refractivity contribution in [3.8, 4) is 0 Å². The van der Waals surface area contributed by atoms with Gasteiger partial charge >= 0.3 is 6.18 Å². The van der Waals surface area contributed by atoms with Crippen LogP contribution in [0.2, 0.25) is 0 Å². The van der Waals surface area contributed by atoms with Gasteiger partial charge in [-0.2, -0.15) is 13.2 Å². The van der Waals surface area contributed by atoms with Gasteiger partial charge in [-0.1, -0.05) is 17.7 Å². The zero-order chi connectivity index (χ0) is 19.4. The van der Waals surface area contributed by atoms with E-state index < -0.39 is 11.7 Å². The number of anilines is 3. The molecule has 3 rings (SSSR count). The largest absolute Gasteiger partial charge is 0.416 e. The average molecular weight is 395 g/mol. The second-order valence-electron chi connectivity index (χ2n) is 6.27. The van der Waals surface area contributed by atoms with E-state index in [9.17, 15) is 13.2 Å². The van der Waals surface area contributed by atoms with Crippen molar-refractivity contribution in [2.24, 2.45) is 0 Å². The molecule has 1 heterocycles. The average Bonchev–Trinajstić information content (AvgIpc) is 2.63. The summed E-state index contributed by atoms with van der Waals surface area (Å²) in [6.07, 6.45) is -4.42. The Morgan fingerprint density at radius 2 is 1.70 bits per heavy atom. The molecule has 0 unspecified atom stereocenters. The minimum Gasteiger partial charge on any atom is -0.378 e. The van der Waals surface area contributed by atoms with E-state index in [1.54, 1.807) is 0 Å². The molecule has 1 aliphatic rings. The Bertz CT molecular complexity index is 803. The Kier molecular flexibility index (Phi) is 5.86. The molecule has 0 bridgehead atoms. The van der Waals surface area contributed by atoms with Crippen molar-refractivity contribution in [1.82, 2.24) is 0 Å². The van der Waals surface area contributed by atoms with Gasteiger partial charge in [0.1, 0.15) is 0 Å². The summed E-state index contributed by atoms with van der Waals surface area (Å²) < 4.78 is 44.8. The molecule has 0 spiro atoms. The molecule has 1 fully saturated rings. The van der Waals surface area contributed by atoms with Crippen molar-refractivity contribution in [3.05, 3.63) is 53.6 Å². The number of thiocarbonyl (C=S) groups is 1. The lowest BCUT2D eigenvalue weighted by Crippen LogP contribution is -2.37. The monoisotopic (exact) mass is 395 g/mol. The van der Waals surface area contributed by atoms with Gasteiger partial charge in [0.05, 0.1) is 30.2 Å². The second kappa shape index (κ2) is 8.14. The summed E-state index contributed by atoms with van der Waals surface area (Å²) in [5.74, 6) is 0. The predicted octanol–water partition coefficient (Wildman–Crippen LogP) is 4.66. The molecule has 0 aliphatic carbocycles. The smallest absolute Gasteiger partial charge is 0.378 e. The lowest BCUT2D eigenvalue weighted by Gasteiger charge is -2.31. The number of nitrogens with one attached hydrogen (secondary N) is 2. The third kappa shape index (κ3) is 5.11. The van der Waals surface area contributed by atoms with Crippen LogP contribution in [-0.4, -0.2) is 31.4 Å². The van der Waals surface area contributed by atoms with Crippen molar-refractivity contribution in [2.45, 2.75) is 13.1 Å². The van der Waals surface area contributed by atoms with Gasteiger partial charge in [-0.15, -0.1) is 0 Å². The number of halogens is 3. The molecule has 0 amide bonds. The zero-order valence-electron chi connectivity index (χ0n) is 14.8. The molecule has 2 N–H and O–H groups in total. The number of nitrogens with zero attached hydrogens (tertiary/aromatic N) is 1. The van der Waals surface area contributed by atoms with Crippen molar-refractivity contribution in [3.63, 3.8) is 0 Å². The number of hydrogen-bond acceptors (Lipinski definition) is 3. The molecule has 2 aromatic carbocycles. The van der Waals surface area contributed by atoms with Crippen LogP contribution in [0.25, 0.3) is 0 Å². The molecule has 4 nitrogen and oxygen atoms in total. The maximum Gasteiger partial charge on any atom is 0.416 e. The first kappa shape index (κ1) is 19.4. The summed E-state index contributed by atoms with van der Waals surface area (Å²) >= 11 is 5.30. The summed E-state index contributed by atoms with van der Waals surface area (Å²) in [5.41, 5.74) is 2.13. The topological polar surface area (TPSA) is 36.5 Å². The lowest BCUT2D eigenvalue weighted by molar-refractivity contribution is -0.137. The van der Waals surface area contributed by atoms with Crippen LogP contribution >= 0.6 is 12.2 Å². The summed E-state index contributed by atoms with van der Waals surface area (Å²) in [6, 6.07) is 11.2. The van der Waals surface area contributed by atoms with Gasteiger partial charge < -0.3 is 20.3 Å².